The molecule has 0 aromatic heterocycles. The van der Waals surface area contributed by atoms with E-state index in [1.165, 1.54) is 17.8 Å². The molecule has 0 aliphatic heterocycles. The first kappa shape index (κ1) is 17.0. The second-order valence-corrected chi connectivity index (χ2v) is 6.91. The lowest BCUT2D eigenvalue weighted by Crippen LogP contribution is -2.23. The topological polar surface area (TPSA) is 29.1 Å². The van der Waals surface area contributed by atoms with E-state index in [1.54, 1.807) is 6.92 Å². The molecule has 6 heteroatoms. The van der Waals surface area contributed by atoms with E-state index in [2.05, 4.69) is 21.2 Å². The van der Waals surface area contributed by atoms with Crippen LogP contribution in [0.1, 0.15) is 12.5 Å². The third-order valence-corrected chi connectivity index (χ3v) is 4.68. The van der Waals surface area contributed by atoms with Crippen LogP contribution in [-0.4, -0.2) is 11.2 Å². The van der Waals surface area contributed by atoms with Crippen molar-refractivity contribution in [3.8, 4) is 0 Å². The highest BCUT2D eigenvalue weighted by atomic mass is 79.9. The fourth-order valence-electron chi connectivity index (χ4n) is 1.77. The molecule has 0 aliphatic carbocycles. The summed E-state index contributed by atoms with van der Waals surface area (Å²) in [7, 11) is 0. The number of rotatable bonds is 5. The molecule has 0 saturated heterocycles. The molecule has 1 amide bonds. The van der Waals surface area contributed by atoms with Crippen LogP contribution in [0.4, 0.5) is 14.5 Å². The van der Waals surface area contributed by atoms with Crippen molar-refractivity contribution in [1.29, 1.82) is 0 Å². The molecular formula is C16H14BrF2NOS. The number of carbonyl (C=O) groups excluding carboxylic acids is 1. The maximum absolute atomic E-state index is 13.5. The third-order valence-electron chi connectivity index (χ3n) is 2.97. The summed E-state index contributed by atoms with van der Waals surface area (Å²) in [6.45, 7) is 1.71. The van der Waals surface area contributed by atoms with Crippen LogP contribution in [0.5, 0.6) is 0 Å². The third kappa shape index (κ3) is 4.55. The maximum Gasteiger partial charge on any atom is 0.237 e. The minimum atomic E-state index is -0.780. The van der Waals surface area contributed by atoms with Gasteiger partial charge in [-0.25, -0.2) is 8.78 Å². The number of nitrogens with one attached hydrogen (secondary N) is 1. The Labute approximate surface area is 140 Å². The molecule has 0 heterocycles. The second kappa shape index (κ2) is 7.74. The molecule has 2 aromatic rings. The molecule has 0 saturated carbocycles. The van der Waals surface area contributed by atoms with E-state index in [9.17, 15) is 13.6 Å². The van der Waals surface area contributed by atoms with Gasteiger partial charge in [0.15, 0.2) is 0 Å². The number of halogens is 3. The zero-order valence-electron chi connectivity index (χ0n) is 11.8. The number of hydrogen-bond acceptors (Lipinski definition) is 2. The van der Waals surface area contributed by atoms with Gasteiger partial charge in [0, 0.05) is 10.2 Å². The zero-order valence-corrected chi connectivity index (χ0v) is 14.2. The summed E-state index contributed by atoms with van der Waals surface area (Å²) in [5.41, 5.74) is 0.665. The molecule has 0 radical (unpaired) electrons. The van der Waals surface area contributed by atoms with Crippen molar-refractivity contribution < 1.29 is 13.6 Å². The Morgan fingerprint density at radius 3 is 2.50 bits per heavy atom. The average molecular weight is 386 g/mol. The van der Waals surface area contributed by atoms with E-state index >= 15 is 0 Å². The monoisotopic (exact) mass is 385 g/mol. The summed E-state index contributed by atoms with van der Waals surface area (Å²) >= 11 is 4.79. The lowest BCUT2D eigenvalue weighted by atomic mass is 10.2. The van der Waals surface area contributed by atoms with Gasteiger partial charge in [-0.2, -0.15) is 0 Å². The predicted molar refractivity (Wildman–Crippen MR) is 89.9 cm³/mol. The SMILES string of the molecule is CC(SCc1cccc(Br)c1)C(=O)Nc1c(F)cccc1F. The van der Waals surface area contributed by atoms with Crippen LogP contribution in [0.25, 0.3) is 0 Å². The first-order valence-corrected chi connectivity index (χ1v) is 8.42. The van der Waals surface area contributed by atoms with E-state index in [4.69, 9.17) is 0 Å². The van der Waals surface area contributed by atoms with Crippen LogP contribution in [0.15, 0.2) is 46.9 Å². The molecule has 116 valence electrons. The van der Waals surface area contributed by atoms with Crippen LogP contribution < -0.4 is 5.32 Å². The van der Waals surface area contributed by atoms with Gasteiger partial charge < -0.3 is 5.32 Å². The Kier molecular flexibility index (Phi) is 5.97. The van der Waals surface area contributed by atoms with Gasteiger partial charge in [-0.05, 0) is 36.8 Å². The van der Waals surface area contributed by atoms with E-state index in [-0.39, 0.29) is 0 Å². The molecule has 0 spiro atoms. The number of amides is 1. The minimum Gasteiger partial charge on any atom is -0.320 e. The van der Waals surface area contributed by atoms with Gasteiger partial charge in [0.25, 0.3) is 0 Å². The Hall–Kier alpha value is -1.40. The summed E-state index contributed by atoms with van der Waals surface area (Å²) in [4.78, 5) is 12.0. The average Bonchev–Trinajstić information content (AvgIpc) is 2.48. The van der Waals surface area contributed by atoms with Gasteiger partial charge in [-0.15, -0.1) is 11.8 Å². The van der Waals surface area contributed by atoms with E-state index in [0.29, 0.717) is 5.75 Å². The number of carbonyl (C=O) groups is 1. The zero-order chi connectivity index (χ0) is 16.1. The number of para-hydroxylation sites is 1. The fourth-order valence-corrected chi connectivity index (χ4v) is 3.04. The van der Waals surface area contributed by atoms with E-state index < -0.39 is 28.5 Å². The van der Waals surface area contributed by atoms with Crippen LogP contribution in [0.3, 0.4) is 0 Å². The molecule has 0 bridgehead atoms. The van der Waals surface area contributed by atoms with Crippen molar-refractivity contribution in [1.82, 2.24) is 0 Å². The van der Waals surface area contributed by atoms with Gasteiger partial charge in [0.2, 0.25) is 5.91 Å². The number of hydrogen-bond donors (Lipinski definition) is 1. The number of benzene rings is 2. The Morgan fingerprint density at radius 2 is 1.86 bits per heavy atom. The minimum absolute atomic E-state index is 0.401. The molecule has 0 fully saturated rings. The molecule has 2 rings (SSSR count). The van der Waals surface area contributed by atoms with Crippen molar-refractivity contribution in [3.05, 3.63) is 64.1 Å². The summed E-state index contributed by atoms with van der Waals surface area (Å²) < 4.78 is 28.0. The van der Waals surface area contributed by atoms with Gasteiger partial charge in [-0.1, -0.05) is 34.1 Å². The Morgan fingerprint density at radius 1 is 1.23 bits per heavy atom. The van der Waals surface area contributed by atoms with Crippen LogP contribution in [0, 0.1) is 11.6 Å². The lowest BCUT2D eigenvalue weighted by Gasteiger charge is -2.13. The molecule has 1 unspecified atom stereocenters. The normalized spacial score (nSPS) is 12.0. The Bertz CT molecular complexity index is 661. The summed E-state index contributed by atoms with van der Waals surface area (Å²) in [5.74, 6) is -1.35. The van der Waals surface area contributed by atoms with Crippen LogP contribution in [0.2, 0.25) is 0 Å². The fraction of sp³-hybridized carbons (Fsp3) is 0.188. The van der Waals surface area contributed by atoms with Crippen molar-refractivity contribution in [2.75, 3.05) is 5.32 Å². The standard InChI is InChI=1S/C16H14BrF2NOS/c1-10(22-9-11-4-2-5-12(17)8-11)16(21)20-15-13(18)6-3-7-14(15)19/h2-8,10H,9H2,1H3,(H,20,21). The summed E-state index contributed by atoms with van der Waals surface area (Å²) in [5, 5.41) is 1.87. The van der Waals surface area contributed by atoms with E-state index in [0.717, 1.165) is 22.2 Å². The van der Waals surface area contributed by atoms with Crippen LogP contribution >= 0.6 is 27.7 Å². The lowest BCUT2D eigenvalue weighted by molar-refractivity contribution is -0.115. The Balaban J connectivity index is 1.95. The predicted octanol–water partition coefficient (Wildman–Crippen LogP) is 4.99. The summed E-state index contributed by atoms with van der Waals surface area (Å²) in [6, 6.07) is 11.2. The number of thioether (sulfide) groups is 1. The molecule has 1 N–H and O–H groups in total. The number of anilines is 1. The molecule has 1 atom stereocenters. The van der Waals surface area contributed by atoms with Crippen molar-refractivity contribution in [2.24, 2.45) is 0 Å². The molecule has 0 aliphatic rings. The van der Waals surface area contributed by atoms with E-state index in [1.807, 2.05) is 24.3 Å². The molecule has 22 heavy (non-hydrogen) atoms. The molecule has 2 aromatic carbocycles. The smallest absolute Gasteiger partial charge is 0.237 e. The van der Waals surface area contributed by atoms with Crippen molar-refractivity contribution in [2.45, 2.75) is 17.9 Å². The van der Waals surface area contributed by atoms with Crippen molar-refractivity contribution >= 4 is 39.3 Å². The quantitative estimate of drug-likeness (QED) is 0.785. The highest BCUT2D eigenvalue weighted by Crippen LogP contribution is 2.23. The second-order valence-electron chi connectivity index (χ2n) is 4.67. The molecular weight excluding hydrogens is 372 g/mol. The highest BCUT2D eigenvalue weighted by molar-refractivity contribution is 9.10. The van der Waals surface area contributed by atoms with Gasteiger partial charge in [0.05, 0.1) is 5.25 Å². The van der Waals surface area contributed by atoms with Crippen molar-refractivity contribution in [3.63, 3.8) is 0 Å². The van der Waals surface area contributed by atoms with Crippen LogP contribution in [-0.2, 0) is 10.5 Å². The highest BCUT2D eigenvalue weighted by Gasteiger charge is 2.17. The maximum atomic E-state index is 13.5. The first-order valence-electron chi connectivity index (χ1n) is 6.58. The van der Waals surface area contributed by atoms with Gasteiger partial charge in [-0.3, -0.25) is 4.79 Å². The summed E-state index contributed by atoms with van der Waals surface area (Å²) in [6.07, 6.45) is 0. The largest absolute Gasteiger partial charge is 0.320 e. The first-order chi connectivity index (χ1) is 10.5. The van der Waals surface area contributed by atoms with Gasteiger partial charge in [0.1, 0.15) is 17.3 Å². The van der Waals surface area contributed by atoms with Gasteiger partial charge >= 0.3 is 0 Å². The molecule has 2 nitrogen and oxygen atoms in total.